The third kappa shape index (κ3) is 4.05. The maximum atomic E-state index is 13.4. The van der Waals surface area contributed by atoms with E-state index in [-0.39, 0.29) is 11.3 Å². The van der Waals surface area contributed by atoms with Gasteiger partial charge in [0.25, 0.3) is 11.7 Å². The summed E-state index contributed by atoms with van der Waals surface area (Å²) >= 11 is 0. The Morgan fingerprint density at radius 2 is 1.46 bits per heavy atom. The number of ketones is 1. The van der Waals surface area contributed by atoms with Gasteiger partial charge >= 0.3 is 0 Å². The number of hydrogen-bond acceptors (Lipinski definition) is 5. The summed E-state index contributed by atoms with van der Waals surface area (Å²) in [4.78, 5) is 28.2. The van der Waals surface area contributed by atoms with Gasteiger partial charge in [-0.3, -0.25) is 14.5 Å². The van der Waals surface area contributed by atoms with Crippen molar-refractivity contribution in [3.05, 3.63) is 94.6 Å². The molecule has 35 heavy (non-hydrogen) atoms. The van der Waals surface area contributed by atoms with Crippen LogP contribution in [0.3, 0.4) is 0 Å². The number of aliphatic hydroxyl groups excluding tert-OH is 1. The lowest BCUT2D eigenvalue weighted by Gasteiger charge is -2.27. The van der Waals surface area contributed by atoms with Crippen LogP contribution < -0.4 is 14.4 Å². The number of benzene rings is 3. The fourth-order valence-corrected chi connectivity index (χ4v) is 4.59. The van der Waals surface area contributed by atoms with E-state index in [1.165, 1.54) is 4.90 Å². The fourth-order valence-electron chi connectivity index (χ4n) is 4.59. The molecule has 0 bridgehead atoms. The first kappa shape index (κ1) is 22.7. The summed E-state index contributed by atoms with van der Waals surface area (Å²) in [5.74, 6) is -0.488. The average molecular weight is 470 g/mol. The molecule has 0 spiro atoms. The molecule has 1 atom stereocenters. The Bertz CT molecular complexity index is 1310. The number of ether oxygens (including phenoxy) is 2. The molecule has 1 saturated heterocycles. The highest BCUT2D eigenvalue weighted by atomic mass is 16.6. The maximum Gasteiger partial charge on any atom is 0.300 e. The lowest BCUT2D eigenvalue weighted by molar-refractivity contribution is -0.132. The average Bonchev–Trinajstić information content (AvgIpc) is 3.18. The quantitative estimate of drug-likeness (QED) is 0.315. The topological polar surface area (TPSA) is 76.1 Å². The number of rotatable bonds is 5. The van der Waals surface area contributed by atoms with Crippen LogP contribution in [0.15, 0.2) is 72.3 Å². The summed E-state index contributed by atoms with van der Waals surface area (Å²) in [6.45, 7) is 4.98. The molecule has 3 aromatic rings. The van der Waals surface area contributed by atoms with Gasteiger partial charge in [-0.05, 0) is 41.7 Å². The molecule has 1 fully saturated rings. The molecule has 0 radical (unpaired) electrons. The second-order valence-corrected chi connectivity index (χ2v) is 8.64. The Hall–Kier alpha value is -4.06. The molecule has 1 amide bonds. The highest BCUT2D eigenvalue weighted by molar-refractivity contribution is 6.51. The normalized spacial score (nSPS) is 18.7. The standard InChI is InChI=1S/C29H27NO5/c1-3-18-5-9-20(10-6-18)26-25(27(31)21-11-7-19(4-2)8-12-21)28(32)29(33)30(26)22-13-14-23-24(17-22)35-16-15-34-23/h5-14,17,26,31H,3-4,15-16H2,1-2H3/b27-25+. The van der Waals surface area contributed by atoms with Crippen LogP contribution in [0.4, 0.5) is 5.69 Å². The van der Waals surface area contributed by atoms with Crippen molar-refractivity contribution in [1.29, 1.82) is 0 Å². The predicted octanol–water partition coefficient (Wildman–Crippen LogP) is 5.21. The Balaban J connectivity index is 1.67. The SMILES string of the molecule is CCc1ccc(/C(O)=C2\C(=O)C(=O)N(c3ccc4c(c3)OCCO4)C2c2ccc(CC)cc2)cc1. The Morgan fingerprint density at radius 1 is 0.857 bits per heavy atom. The molecule has 2 heterocycles. The van der Waals surface area contributed by atoms with Crippen molar-refractivity contribution in [2.75, 3.05) is 18.1 Å². The molecular formula is C29H27NO5. The van der Waals surface area contributed by atoms with Gasteiger partial charge in [0.1, 0.15) is 19.0 Å². The molecule has 6 nitrogen and oxygen atoms in total. The number of carbonyl (C=O) groups is 2. The number of carbonyl (C=O) groups excluding carboxylic acids is 2. The van der Waals surface area contributed by atoms with Crippen LogP contribution >= 0.6 is 0 Å². The molecule has 5 rings (SSSR count). The predicted molar refractivity (Wildman–Crippen MR) is 134 cm³/mol. The third-order valence-corrected chi connectivity index (χ3v) is 6.59. The van der Waals surface area contributed by atoms with Gasteiger partial charge in [-0.15, -0.1) is 0 Å². The Labute approximate surface area is 204 Å². The first-order valence-electron chi connectivity index (χ1n) is 11.9. The van der Waals surface area contributed by atoms with Crippen LogP contribution in [0, 0.1) is 0 Å². The number of nitrogens with zero attached hydrogens (tertiary/aromatic N) is 1. The van der Waals surface area contributed by atoms with Gasteiger partial charge in [-0.25, -0.2) is 0 Å². The van der Waals surface area contributed by atoms with Crippen molar-refractivity contribution in [3.8, 4) is 11.5 Å². The van der Waals surface area contributed by atoms with E-state index in [4.69, 9.17) is 9.47 Å². The molecule has 178 valence electrons. The summed E-state index contributed by atoms with van der Waals surface area (Å²) < 4.78 is 11.3. The number of amides is 1. The van der Waals surface area contributed by atoms with Crippen molar-refractivity contribution in [2.45, 2.75) is 32.7 Å². The highest BCUT2D eigenvalue weighted by Crippen LogP contribution is 2.44. The van der Waals surface area contributed by atoms with Crippen LogP contribution in [-0.4, -0.2) is 30.0 Å². The number of anilines is 1. The van der Waals surface area contributed by atoms with E-state index in [1.54, 1.807) is 30.3 Å². The number of aliphatic hydroxyl groups is 1. The number of Topliss-reactive ketones (excluding diaryl/α,β-unsaturated/α-hetero) is 1. The van der Waals surface area contributed by atoms with E-state index in [0.717, 1.165) is 29.5 Å². The molecule has 0 aromatic heterocycles. The minimum atomic E-state index is -0.783. The van der Waals surface area contributed by atoms with Crippen LogP contribution in [0.1, 0.15) is 42.1 Å². The Morgan fingerprint density at radius 3 is 2.09 bits per heavy atom. The molecule has 0 saturated carbocycles. The van der Waals surface area contributed by atoms with E-state index in [2.05, 4.69) is 6.92 Å². The van der Waals surface area contributed by atoms with Gasteiger partial charge in [-0.2, -0.15) is 0 Å². The molecule has 3 aromatic carbocycles. The smallest absolute Gasteiger partial charge is 0.300 e. The van der Waals surface area contributed by atoms with Crippen LogP contribution in [0.5, 0.6) is 11.5 Å². The van der Waals surface area contributed by atoms with Gasteiger partial charge in [0.15, 0.2) is 11.5 Å². The zero-order valence-corrected chi connectivity index (χ0v) is 19.8. The first-order valence-corrected chi connectivity index (χ1v) is 11.9. The molecule has 6 heteroatoms. The molecule has 0 aliphatic carbocycles. The molecule has 1 unspecified atom stereocenters. The van der Waals surface area contributed by atoms with Crippen molar-refractivity contribution in [2.24, 2.45) is 0 Å². The highest BCUT2D eigenvalue weighted by Gasteiger charge is 2.47. The van der Waals surface area contributed by atoms with Gasteiger partial charge in [0, 0.05) is 17.3 Å². The van der Waals surface area contributed by atoms with Crippen LogP contribution in [0.25, 0.3) is 5.76 Å². The summed E-state index contributed by atoms with van der Waals surface area (Å²) in [5.41, 5.74) is 4.06. The van der Waals surface area contributed by atoms with E-state index in [9.17, 15) is 14.7 Å². The summed E-state index contributed by atoms with van der Waals surface area (Å²) in [6, 6.07) is 19.6. The monoisotopic (exact) mass is 469 g/mol. The van der Waals surface area contributed by atoms with E-state index in [1.807, 2.05) is 43.3 Å². The molecule has 1 N–H and O–H groups in total. The molecular weight excluding hydrogens is 442 g/mol. The lowest BCUT2D eigenvalue weighted by atomic mass is 9.94. The number of fused-ring (bicyclic) bond motifs is 1. The van der Waals surface area contributed by atoms with Gasteiger partial charge < -0.3 is 14.6 Å². The second-order valence-electron chi connectivity index (χ2n) is 8.64. The Kier molecular flexibility index (Phi) is 6.03. The van der Waals surface area contributed by atoms with Gasteiger partial charge in [-0.1, -0.05) is 62.4 Å². The summed E-state index contributed by atoms with van der Waals surface area (Å²) in [7, 11) is 0. The van der Waals surface area contributed by atoms with Crippen molar-refractivity contribution < 1.29 is 24.2 Å². The summed E-state index contributed by atoms with van der Waals surface area (Å²) in [6.07, 6.45) is 1.73. The molecule has 2 aliphatic rings. The lowest BCUT2D eigenvalue weighted by Crippen LogP contribution is -2.29. The first-order chi connectivity index (χ1) is 17.0. The fraction of sp³-hybridized carbons (Fsp3) is 0.241. The molecule has 2 aliphatic heterocycles. The van der Waals surface area contributed by atoms with E-state index in [0.29, 0.717) is 36.0 Å². The maximum absolute atomic E-state index is 13.4. The van der Waals surface area contributed by atoms with E-state index >= 15 is 0 Å². The van der Waals surface area contributed by atoms with Crippen molar-refractivity contribution in [1.82, 2.24) is 0 Å². The largest absolute Gasteiger partial charge is 0.507 e. The van der Waals surface area contributed by atoms with Gasteiger partial charge in [0.05, 0.1) is 11.6 Å². The van der Waals surface area contributed by atoms with Crippen molar-refractivity contribution >= 4 is 23.1 Å². The second kappa shape index (κ2) is 9.29. The van der Waals surface area contributed by atoms with E-state index < -0.39 is 17.7 Å². The zero-order chi connectivity index (χ0) is 24.5. The van der Waals surface area contributed by atoms with Gasteiger partial charge in [0.2, 0.25) is 0 Å². The van der Waals surface area contributed by atoms with Crippen molar-refractivity contribution in [3.63, 3.8) is 0 Å². The number of hydrogen-bond donors (Lipinski definition) is 1. The summed E-state index contributed by atoms with van der Waals surface area (Å²) in [5, 5.41) is 11.3. The van der Waals surface area contributed by atoms with Crippen LogP contribution in [0.2, 0.25) is 0 Å². The number of aryl methyl sites for hydroxylation is 2. The minimum absolute atomic E-state index is 0.0679. The third-order valence-electron chi connectivity index (χ3n) is 6.59. The van der Waals surface area contributed by atoms with Crippen LogP contribution in [-0.2, 0) is 22.4 Å². The minimum Gasteiger partial charge on any atom is -0.507 e. The zero-order valence-electron chi connectivity index (χ0n) is 19.8.